The van der Waals surface area contributed by atoms with E-state index in [0.717, 1.165) is 59.2 Å². The maximum absolute atomic E-state index is 13.8. The summed E-state index contributed by atoms with van der Waals surface area (Å²) >= 11 is 6.25. The minimum absolute atomic E-state index is 0.0146. The Morgan fingerprint density at radius 3 is 2.69 bits per heavy atom. The molecule has 10 nitrogen and oxygen atoms in total. The molecule has 1 fully saturated rings. The van der Waals surface area contributed by atoms with E-state index in [2.05, 4.69) is 49.6 Å². The number of halogens is 1. The Labute approximate surface area is 231 Å². The van der Waals surface area contributed by atoms with Gasteiger partial charge in [-0.1, -0.05) is 17.7 Å². The number of hydrogen-bond acceptors (Lipinski definition) is 7. The van der Waals surface area contributed by atoms with Crippen LogP contribution in [0.4, 0.5) is 5.69 Å². The van der Waals surface area contributed by atoms with Crippen LogP contribution >= 0.6 is 11.6 Å². The maximum Gasteiger partial charge on any atom is 0.260 e. The van der Waals surface area contributed by atoms with E-state index in [4.69, 9.17) is 16.7 Å². The number of anilines is 1. The lowest BCUT2D eigenvalue weighted by Gasteiger charge is -2.22. The number of benzene rings is 1. The zero-order chi connectivity index (χ0) is 27.3. The molecule has 1 aromatic carbocycles. The number of aromatic nitrogens is 7. The molecule has 0 bridgehead atoms. The average Bonchev–Trinajstić information content (AvgIpc) is 3.57. The molecule has 5 heterocycles. The van der Waals surface area contributed by atoms with Crippen molar-refractivity contribution in [1.29, 1.82) is 0 Å². The van der Waals surface area contributed by atoms with Crippen molar-refractivity contribution in [1.82, 2.24) is 39.4 Å². The quantitative estimate of drug-likeness (QED) is 0.300. The van der Waals surface area contributed by atoms with Crippen LogP contribution in [-0.2, 0) is 13.6 Å². The second-order valence-electron chi connectivity index (χ2n) is 10.3. The minimum Gasteiger partial charge on any atom is -0.377 e. The summed E-state index contributed by atoms with van der Waals surface area (Å²) in [5, 5.41) is 19.4. The van der Waals surface area contributed by atoms with E-state index < -0.39 is 0 Å². The molecule has 0 radical (unpaired) electrons. The van der Waals surface area contributed by atoms with E-state index in [9.17, 15) is 4.79 Å². The van der Waals surface area contributed by atoms with Crippen molar-refractivity contribution < 1.29 is 0 Å². The van der Waals surface area contributed by atoms with E-state index in [-0.39, 0.29) is 11.6 Å². The van der Waals surface area contributed by atoms with Crippen molar-refractivity contribution in [2.45, 2.75) is 52.2 Å². The summed E-state index contributed by atoms with van der Waals surface area (Å²) in [6, 6.07) is 7.93. The van der Waals surface area contributed by atoms with Crippen LogP contribution in [0, 0.1) is 6.92 Å². The third kappa shape index (κ3) is 4.57. The van der Waals surface area contributed by atoms with Gasteiger partial charge in [0.05, 0.1) is 11.7 Å². The fourth-order valence-corrected chi connectivity index (χ4v) is 5.80. The van der Waals surface area contributed by atoms with Gasteiger partial charge in [-0.2, -0.15) is 5.10 Å². The Morgan fingerprint density at radius 1 is 1.18 bits per heavy atom. The van der Waals surface area contributed by atoms with Crippen LogP contribution in [0.1, 0.15) is 49.9 Å². The van der Waals surface area contributed by atoms with E-state index in [1.807, 2.05) is 33.0 Å². The number of aryl methyl sites for hydroxylation is 3. The molecule has 2 N–H and O–H groups in total. The lowest BCUT2D eigenvalue weighted by molar-refractivity contribution is 0.344. The normalized spacial score (nSPS) is 15.3. The summed E-state index contributed by atoms with van der Waals surface area (Å²) in [6.45, 7) is 8.61. The lowest BCUT2D eigenvalue weighted by atomic mass is 9.95. The fraction of sp³-hybridized carbons (Fsp3) is 0.393. The highest BCUT2D eigenvalue weighted by Crippen LogP contribution is 2.35. The van der Waals surface area contributed by atoms with Crippen LogP contribution in [0.15, 0.2) is 41.6 Å². The van der Waals surface area contributed by atoms with E-state index in [1.165, 1.54) is 0 Å². The van der Waals surface area contributed by atoms with Gasteiger partial charge in [-0.05, 0) is 76.0 Å². The van der Waals surface area contributed by atoms with Crippen LogP contribution in [0.3, 0.4) is 0 Å². The van der Waals surface area contributed by atoms with Gasteiger partial charge in [0.1, 0.15) is 17.2 Å². The number of piperidine rings is 1. The van der Waals surface area contributed by atoms with Crippen LogP contribution in [0.2, 0.25) is 5.15 Å². The SMILES string of the molecule is CCn1c(=O)c2cc(C)cc(C(C)Nc3ccc(Cl)nc3-c3ncn(C)n3)c2c2cn(C3CCNCC3)nc21. The number of nitrogens with zero attached hydrogens (tertiary/aromatic N) is 7. The average molecular weight is 546 g/mol. The molecule has 0 amide bonds. The summed E-state index contributed by atoms with van der Waals surface area (Å²) in [5.41, 5.74) is 4.10. The zero-order valence-corrected chi connectivity index (χ0v) is 23.3. The van der Waals surface area contributed by atoms with E-state index in [0.29, 0.717) is 34.6 Å². The molecule has 39 heavy (non-hydrogen) atoms. The predicted molar refractivity (Wildman–Crippen MR) is 154 cm³/mol. The molecule has 1 aliphatic heterocycles. The van der Waals surface area contributed by atoms with Gasteiger partial charge in [-0.3, -0.25) is 18.7 Å². The highest BCUT2D eigenvalue weighted by atomic mass is 35.5. The van der Waals surface area contributed by atoms with Gasteiger partial charge in [0.25, 0.3) is 5.56 Å². The maximum atomic E-state index is 13.8. The first-order valence-corrected chi connectivity index (χ1v) is 13.8. The first kappa shape index (κ1) is 25.5. The lowest BCUT2D eigenvalue weighted by Crippen LogP contribution is -2.29. The molecule has 1 saturated heterocycles. The van der Waals surface area contributed by atoms with Crippen molar-refractivity contribution in [3.63, 3.8) is 0 Å². The smallest absolute Gasteiger partial charge is 0.260 e. The Balaban J connectivity index is 1.52. The molecule has 6 rings (SSSR count). The molecule has 0 spiro atoms. The van der Waals surface area contributed by atoms with Gasteiger partial charge >= 0.3 is 0 Å². The number of pyridine rings is 2. The van der Waals surface area contributed by atoms with Gasteiger partial charge in [0.2, 0.25) is 5.82 Å². The Morgan fingerprint density at radius 2 is 1.97 bits per heavy atom. The van der Waals surface area contributed by atoms with Crippen molar-refractivity contribution in [3.8, 4) is 11.5 Å². The van der Waals surface area contributed by atoms with E-state index >= 15 is 0 Å². The van der Waals surface area contributed by atoms with Crippen LogP contribution in [0.25, 0.3) is 33.3 Å². The van der Waals surface area contributed by atoms with Gasteiger partial charge in [0, 0.05) is 42.0 Å². The van der Waals surface area contributed by atoms with Crippen LogP contribution in [-0.4, -0.2) is 47.2 Å². The first-order chi connectivity index (χ1) is 18.8. The number of rotatable bonds is 6. The van der Waals surface area contributed by atoms with Crippen LogP contribution < -0.4 is 16.2 Å². The molecule has 4 aromatic heterocycles. The van der Waals surface area contributed by atoms with Crippen LogP contribution in [0.5, 0.6) is 0 Å². The summed E-state index contributed by atoms with van der Waals surface area (Å²) in [4.78, 5) is 22.7. The number of hydrogen-bond donors (Lipinski definition) is 2. The summed E-state index contributed by atoms with van der Waals surface area (Å²) in [6.07, 6.45) is 5.80. The molecule has 5 aromatic rings. The number of nitrogens with one attached hydrogen (secondary N) is 2. The second kappa shape index (κ2) is 10.1. The molecule has 202 valence electrons. The van der Waals surface area contributed by atoms with Gasteiger partial charge < -0.3 is 10.6 Å². The molecule has 0 saturated carbocycles. The Kier molecular flexibility index (Phi) is 6.60. The Hall–Kier alpha value is -3.76. The van der Waals surface area contributed by atoms with Crippen molar-refractivity contribution in [3.05, 3.63) is 63.4 Å². The van der Waals surface area contributed by atoms with Gasteiger partial charge in [0.15, 0.2) is 5.65 Å². The van der Waals surface area contributed by atoms with Gasteiger partial charge in [-0.25, -0.2) is 9.97 Å². The minimum atomic E-state index is -0.167. The molecule has 1 unspecified atom stereocenters. The molecule has 1 atom stereocenters. The highest BCUT2D eigenvalue weighted by Gasteiger charge is 2.23. The molecule has 0 aliphatic carbocycles. The van der Waals surface area contributed by atoms with E-state index in [1.54, 1.807) is 21.6 Å². The summed E-state index contributed by atoms with van der Waals surface area (Å²) < 4.78 is 5.51. The zero-order valence-electron chi connectivity index (χ0n) is 22.6. The predicted octanol–water partition coefficient (Wildman–Crippen LogP) is 4.62. The molecule has 1 aliphatic rings. The number of fused-ring (bicyclic) bond motifs is 3. The third-order valence-corrected chi connectivity index (χ3v) is 7.75. The van der Waals surface area contributed by atoms with Crippen molar-refractivity contribution in [2.75, 3.05) is 18.4 Å². The topological polar surface area (TPSA) is 107 Å². The monoisotopic (exact) mass is 545 g/mol. The van der Waals surface area contributed by atoms with Gasteiger partial charge in [-0.15, -0.1) is 5.10 Å². The third-order valence-electron chi connectivity index (χ3n) is 7.54. The first-order valence-electron chi connectivity index (χ1n) is 13.4. The van der Waals surface area contributed by atoms with Crippen molar-refractivity contribution >= 4 is 39.1 Å². The Bertz CT molecular complexity index is 1750. The standard InChI is InChI=1S/C28H32ClN9O/c1-5-37-27-21(14-38(35-27)18-8-10-30-11-9-18)24-19(12-16(2)13-20(24)28(37)39)17(3)32-22-6-7-23(29)33-25(22)26-31-15-36(4)34-26/h6-7,12-15,17-18,30,32H,5,8-11H2,1-4H3. The van der Waals surface area contributed by atoms with Crippen molar-refractivity contribution in [2.24, 2.45) is 7.05 Å². The largest absolute Gasteiger partial charge is 0.377 e. The fourth-order valence-electron chi connectivity index (χ4n) is 5.66. The molecule has 11 heteroatoms. The highest BCUT2D eigenvalue weighted by molar-refractivity contribution is 6.29. The summed E-state index contributed by atoms with van der Waals surface area (Å²) in [5.74, 6) is 0.486. The summed E-state index contributed by atoms with van der Waals surface area (Å²) in [7, 11) is 1.81. The molecular formula is C28H32ClN9O. The molecular weight excluding hydrogens is 514 g/mol. The second-order valence-corrected chi connectivity index (χ2v) is 10.7.